The molecule has 1 N–H and O–H groups in total. The topological polar surface area (TPSA) is 88.4 Å². The summed E-state index contributed by atoms with van der Waals surface area (Å²) < 4.78 is 10.9. The number of carboxylic acid groups (broad SMARTS) is 1. The molecule has 0 aromatic heterocycles. The number of methoxy groups -OCH3 is 1. The zero-order valence-corrected chi connectivity index (χ0v) is 18.0. The molecular formula is C23H22N2O5S. The van der Waals surface area contributed by atoms with Crippen molar-refractivity contribution in [2.24, 2.45) is 4.99 Å². The summed E-state index contributed by atoms with van der Waals surface area (Å²) in [6, 6.07) is 11.6. The number of rotatable bonds is 8. The Kier molecular flexibility index (Phi) is 7.15. The van der Waals surface area contributed by atoms with Gasteiger partial charge in [0.1, 0.15) is 0 Å². The van der Waals surface area contributed by atoms with Gasteiger partial charge in [0.05, 0.1) is 29.9 Å². The zero-order chi connectivity index (χ0) is 22.4. The molecule has 1 fully saturated rings. The molecule has 0 radical (unpaired) electrons. The van der Waals surface area contributed by atoms with Crippen LogP contribution in [0.4, 0.5) is 5.69 Å². The number of nitrogens with zero attached hydrogens (tertiary/aromatic N) is 2. The van der Waals surface area contributed by atoms with Gasteiger partial charge in [0.15, 0.2) is 16.7 Å². The van der Waals surface area contributed by atoms with Crippen molar-refractivity contribution in [3.8, 4) is 11.5 Å². The molecule has 0 spiro atoms. The van der Waals surface area contributed by atoms with Gasteiger partial charge in [-0.15, -0.1) is 6.58 Å². The second-order valence-electron chi connectivity index (χ2n) is 6.40. The van der Waals surface area contributed by atoms with Crippen LogP contribution >= 0.6 is 11.8 Å². The van der Waals surface area contributed by atoms with Gasteiger partial charge in [-0.05, 0) is 66.7 Å². The van der Waals surface area contributed by atoms with E-state index in [0.717, 1.165) is 5.56 Å². The standard InChI is InChI=1S/C23H22N2O5S/c1-4-12-25-21(26)20(14-15-6-11-18(30-5-2)19(13-15)29-3)31-23(25)24-17-9-7-16(8-10-17)22(27)28/h4,6-11,13-14H,1,5,12H2,2-3H3,(H,27,28)/b20-14-,24-23?. The Morgan fingerprint density at radius 3 is 2.58 bits per heavy atom. The normalized spacial score (nSPS) is 16.1. The number of aromatic carboxylic acids is 1. The lowest BCUT2D eigenvalue weighted by molar-refractivity contribution is -0.121. The van der Waals surface area contributed by atoms with Crippen LogP contribution in [-0.4, -0.2) is 47.3 Å². The summed E-state index contributed by atoms with van der Waals surface area (Å²) in [4.78, 5) is 30.5. The Morgan fingerprint density at radius 1 is 1.23 bits per heavy atom. The lowest BCUT2D eigenvalue weighted by Gasteiger charge is -2.12. The first-order valence-corrected chi connectivity index (χ1v) is 10.3. The number of amidine groups is 1. The van der Waals surface area contributed by atoms with E-state index in [1.54, 1.807) is 37.5 Å². The molecule has 0 bridgehead atoms. The fourth-order valence-electron chi connectivity index (χ4n) is 2.87. The molecule has 1 saturated heterocycles. The number of carbonyl (C=O) groups is 2. The summed E-state index contributed by atoms with van der Waals surface area (Å²) in [6.07, 6.45) is 3.40. The Balaban J connectivity index is 1.92. The molecule has 0 aliphatic carbocycles. The van der Waals surface area contributed by atoms with Crippen LogP contribution in [0.5, 0.6) is 11.5 Å². The highest BCUT2D eigenvalue weighted by Gasteiger charge is 2.32. The number of carbonyl (C=O) groups excluding carboxylic acids is 1. The van der Waals surface area contributed by atoms with E-state index < -0.39 is 5.97 Å². The van der Waals surface area contributed by atoms with E-state index in [4.69, 9.17) is 14.6 Å². The monoisotopic (exact) mass is 438 g/mol. The Hall–Kier alpha value is -3.52. The van der Waals surface area contributed by atoms with E-state index in [0.29, 0.717) is 40.4 Å². The lowest BCUT2D eigenvalue weighted by atomic mass is 10.2. The van der Waals surface area contributed by atoms with Crippen LogP contribution in [0.2, 0.25) is 0 Å². The maximum atomic E-state index is 12.9. The van der Waals surface area contributed by atoms with Crippen molar-refractivity contribution in [2.45, 2.75) is 6.92 Å². The summed E-state index contributed by atoms with van der Waals surface area (Å²) >= 11 is 1.25. The van der Waals surface area contributed by atoms with Gasteiger partial charge in [-0.3, -0.25) is 9.69 Å². The number of aliphatic imine (C=N–C) groups is 1. The van der Waals surface area contributed by atoms with E-state index in [2.05, 4.69) is 11.6 Å². The van der Waals surface area contributed by atoms with Crippen LogP contribution < -0.4 is 9.47 Å². The lowest BCUT2D eigenvalue weighted by Crippen LogP contribution is -2.29. The second-order valence-corrected chi connectivity index (χ2v) is 7.41. The third-order valence-corrected chi connectivity index (χ3v) is 5.33. The molecule has 1 heterocycles. The zero-order valence-electron chi connectivity index (χ0n) is 17.2. The van der Waals surface area contributed by atoms with Crippen molar-refractivity contribution < 1.29 is 24.2 Å². The van der Waals surface area contributed by atoms with Gasteiger partial charge in [0.2, 0.25) is 0 Å². The Morgan fingerprint density at radius 2 is 1.97 bits per heavy atom. The molecule has 0 atom stereocenters. The highest BCUT2D eigenvalue weighted by molar-refractivity contribution is 8.18. The van der Waals surface area contributed by atoms with Crippen molar-refractivity contribution in [2.75, 3.05) is 20.3 Å². The molecule has 2 aromatic rings. The van der Waals surface area contributed by atoms with E-state index in [-0.39, 0.29) is 11.5 Å². The van der Waals surface area contributed by atoms with Crippen molar-refractivity contribution in [1.82, 2.24) is 4.90 Å². The summed E-state index contributed by atoms with van der Waals surface area (Å²) in [5, 5.41) is 9.54. The van der Waals surface area contributed by atoms with Crippen molar-refractivity contribution >= 4 is 40.6 Å². The molecule has 8 heteroatoms. The molecule has 0 unspecified atom stereocenters. The van der Waals surface area contributed by atoms with Crippen LogP contribution in [0.3, 0.4) is 0 Å². The van der Waals surface area contributed by atoms with Gasteiger partial charge in [0.25, 0.3) is 5.91 Å². The van der Waals surface area contributed by atoms with Crippen molar-refractivity contribution in [1.29, 1.82) is 0 Å². The molecule has 31 heavy (non-hydrogen) atoms. The summed E-state index contributed by atoms with van der Waals surface area (Å²) in [5.74, 6) is 0.0347. The van der Waals surface area contributed by atoms with Crippen molar-refractivity contribution in [3.05, 3.63) is 71.2 Å². The number of thioether (sulfide) groups is 1. The average Bonchev–Trinajstić information content (AvgIpc) is 3.04. The SMILES string of the molecule is C=CCN1C(=O)/C(=C/c2ccc(OCC)c(OC)c2)SC1=Nc1ccc(C(=O)O)cc1. The largest absolute Gasteiger partial charge is 0.493 e. The predicted octanol–water partition coefficient (Wildman–Crippen LogP) is 4.58. The van der Waals surface area contributed by atoms with Crippen LogP contribution in [0, 0.1) is 0 Å². The molecule has 0 saturated carbocycles. The molecular weight excluding hydrogens is 416 g/mol. The summed E-state index contributed by atoms with van der Waals surface area (Å²) in [6.45, 7) is 6.44. The Bertz CT molecular complexity index is 1060. The van der Waals surface area contributed by atoms with E-state index in [1.807, 2.05) is 19.1 Å². The van der Waals surface area contributed by atoms with E-state index in [1.165, 1.54) is 28.8 Å². The van der Waals surface area contributed by atoms with E-state index >= 15 is 0 Å². The summed E-state index contributed by atoms with van der Waals surface area (Å²) in [5.41, 5.74) is 1.52. The first-order chi connectivity index (χ1) is 15.0. The summed E-state index contributed by atoms with van der Waals surface area (Å²) in [7, 11) is 1.57. The number of hydrogen-bond donors (Lipinski definition) is 1. The fourth-order valence-corrected chi connectivity index (χ4v) is 3.88. The highest BCUT2D eigenvalue weighted by Crippen LogP contribution is 2.35. The highest BCUT2D eigenvalue weighted by atomic mass is 32.2. The molecule has 160 valence electrons. The minimum atomic E-state index is -1.01. The van der Waals surface area contributed by atoms with Crippen LogP contribution in [0.1, 0.15) is 22.8 Å². The molecule has 3 rings (SSSR count). The van der Waals surface area contributed by atoms with E-state index in [9.17, 15) is 9.59 Å². The minimum Gasteiger partial charge on any atom is -0.493 e. The number of ether oxygens (including phenoxy) is 2. The van der Waals surface area contributed by atoms with Gasteiger partial charge in [-0.2, -0.15) is 0 Å². The molecule has 1 amide bonds. The molecule has 1 aliphatic rings. The van der Waals surface area contributed by atoms with Gasteiger partial charge in [0, 0.05) is 6.54 Å². The van der Waals surface area contributed by atoms with Crippen molar-refractivity contribution in [3.63, 3.8) is 0 Å². The molecule has 2 aromatic carbocycles. The van der Waals surface area contributed by atoms with Gasteiger partial charge < -0.3 is 14.6 Å². The third-order valence-electron chi connectivity index (χ3n) is 4.32. The van der Waals surface area contributed by atoms with Crippen LogP contribution in [0.15, 0.2) is 65.0 Å². The van der Waals surface area contributed by atoms with Gasteiger partial charge in [-0.25, -0.2) is 9.79 Å². The first-order valence-electron chi connectivity index (χ1n) is 9.52. The number of amides is 1. The minimum absolute atomic E-state index is 0.173. The number of benzene rings is 2. The maximum absolute atomic E-state index is 12.9. The number of carboxylic acids is 1. The maximum Gasteiger partial charge on any atom is 0.335 e. The average molecular weight is 439 g/mol. The molecule has 1 aliphatic heterocycles. The second kappa shape index (κ2) is 9.99. The van der Waals surface area contributed by atoms with Crippen LogP contribution in [0.25, 0.3) is 6.08 Å². The first kappa shape index (κ1) is 22.2. The quantitative estimate of drug-likeness (QED) is 0.479. The number of hydrogen-bond acceptors (Lipinski definition) is 6. The fraction of sp³-hybridized carbons (Fsp3) is 0.174. The smallest absolute Gasteiger partial charge is 0.335 e. The molecule has 7 nitrogen and oxygen atoms in total. The third kappa shape index (κ3) is 5.16. The Labute approximate surface area is 184 Å². The van der Waals surface area contributed by atoms with Crippen LogP contribution in [-0.2, 0) is 4.79 Å². The predicted molar refractivity (Wildman–Crippen MR) is 122 cm³/mol. The van der Waals surface area contributed by atoms with Gasteiger partial charge >= 0.3 is 5.97 Å². The van der Waals surface area contributed by atoms with Gasteiger partial charge in [-0.1, -0.05) is 12.1 Å².